The van der Waals surface area contributed by atoms with E-state index in [0.717, 1.165) is 22.4 Å². The fourth-order valence-electron chi connectivity index (χ4n) is 6.83. The van der Waals surface area contributed by atoms with Crippen LogP contribution in [0.5, 0.6) is 0 Å². The summed E-state index contributed by atoms with van der Waals surface area (Å²) in [7, 11) is 0. The van der Waals surface area contributed by atoms with Gasteiger partial charge in [0.1, 0.15) is 0 Å². The predicted octanol–water partition coefficient (Wildman–Crippen LogP) is 10.2. The van der Waals surface area contributed by atoms with Gasteiger partial charge in [-0.2, -0.15) is 0 Å². The van der Waals surface area contributed by atoms with Crippen molar-refractivity contribution in [1.29, 1.82) is 0 Å². The molecule has 2 aromatic heterocycles. The Balaban J connectivity index is 1.31. The normalized spacial score (nSPS) is 12.2. The number of hydrogen-bond acceptors (Lipinski definition) is 2. The number of pyridine rings is 2. The zero-order chi connectivity index (χ0) is 26.5. The van der Waals surface area contributed by atoms with Crippen LogP contribution in [0.15, 0.2) is 109 Å². The molecule has 0 fully saturated rings. The van der Waals surface area contributed by atoms with Crippen molar-refractivity contribution in [3.05, 3.63) is 121 Å². The van der Waals surface area contributed by atoms with Gasteiger partial charge in [-0.3, -0.25) is 9.97 Å². The van der Waals surface area contributed by atoms with Crippen molar-refractivity contribution >= 4 is 54.1 Å². The molecule has 0 bridgehead atoms. The molecular formula is C38H24N2. The van der Waals surface area contributed by atoms with Gasteiger partial charge in [-0.1, -0.05) is 84.9 Å². The Morgan fingerprint density at radius 1 is 0.375 bits per heavy atom. The van der Waals surface area contributed by atoms with Crippen molar-refractivity contribution in [2.75, 3.05) is 0 Å². The predicted molar refractivity (Wildman–Crippen MR) is 169 cm³/mol. The summed E-state index contributed by atoms with van der Waals surface area (Å²) >= 11 is 0. The third-order valence-corrected chi connectivity index (χ3v) is 8.71. The van der Waals surface area contributed by atoms with E-state index in [1.807, 2.05) is 0 Å². The van der Waals surface area contributed by atoms with Crippen LogP contribution in [0.3, 0.4) is 0 Å². The minimum absolute atomic E-state index is 1.04. The minimum Gasteiger partial charge on any atom is -0.253 e. The van der Waals surface area contributed by atoms with Gasteiger partial charge in [0, 0.05) is 22.2 Å². The molecule has 9 rings (SSSR count). The number of fused-ring (bicyclic) bond motifs is 3. The molecule has 0 atom stereocenters. The van der Waals surface area contributed by atoms with Crippen LogP contribution in [0.25, 0.3) is 87.5 Å². The Hall–Kier alpha value is -5.08. The van der Waals surface area contributed by atoms with E-state index in [2.05, 4.69) is 123 Å². The fraction of sp³-hybridized carbons (Fsp3) is 0.0526. The zero-order valence-corrected chi connectivity index (χ0v) is 22.3. The van der Waals surface area contributed by atoms with Gasteiger partial charge in [-0.05, 0) is 104 Å². The molecule has 0 amide bonds. The average molecular weight is 509 g/mol. The summed E-state index contributed by atoms with van der Waals surface area (Å²) in [5.74, 6) is 0. The van der Waals surface area contributed by atoms with E-state index in [-0.39, 0.29) is 0 Å². The first-order chi connectivity index (χ1) is 19.6. The van der Waals surface area contributed by atoms with Crippen LogP contribution in [-0.2, 0) is 0 Å². The number of aryl methyl sites for hydroxylation is 2. The largest absolute Gasteiger partial charge is 0.253 e. The van der Waals surface area contributed by atoms with E-state index in [9.17, 15) is 0 Å². The second-order valence-corrected chi connectivity index (χ2v) is 11.1. The summed E-state index contributed by atoms with van der Waals surface area (Å²) in [6.07, 6.45) is 0. The van der Waals surface area contributed by atoms with Gasteiger partial charge in [0.2, 0.25) is 0 Å². The Morgan fingerprint density at radius 2 is 0.800 bits per heavy atom. The lowest BCUT2D eigenvalue weighted by molar-refractivity contribution is 1.26. The summed E-state index contributed by atoms with van der Waals surface area (Å²) < 4.78 is 0. The molecule has 2 heterocycles. The summed E-state index contributed by atoms with van der Waals surface area (Å²) in [4.78, 5) is 9.61. The molecule has 0 radical (unpaired) electrons. The number of nitrogens with zero attached hydrogens (tertiary/aromatic N) is 2. The van der Waals surface area contributed by atoms with Crippen LogP contribution in [0.1, 0.15) is 11.4 Å². The first-order valence-electron chi connectivity index (χ1n) is 13.8. The van der Waals surface area contributed by atoms with Crippen LogP contribution in [-0.4, -0.2) is 9.97 Å². The summed E-state index contributed by atoms with van der Waals surface area (Å²) in [6, 6.07) is 40.2. The molecule has 0 unspecified atom stereocenters. The van der Waals surface area contributed by atoms with Crippen molar-refractivity contribution in [2.45, 2.75) is 13.8 Å². The van der Waals surface area contributed by atoms with Crippen molar-refractivity contribution in [2.24, 2.45) is 0 Å². The van der Waals surface area contributed by atoms with Gasteiger partial charge < -0.3 is 0 Å². The molecule has 6 aromatic carbocycles. The molecule has 0 saturated carbocycles. The summed E-state index contributed by atoms with van der Waals surface area (Å²) in [6.45, 7) is 4.11. The maximum absolute atomic E-state index is 4.81. The maximum atomic E-state index is 4.81. The van der Waals surface area contributed by atoms with E-state index in [0.29, 0.717) is 0 Å². The topological polar surface area (TPSA) is 25.8 Å². The van der Waals surface area contributed by atoms with Crippen LogP contribution in [0.4, 0.5) is 0 Å². The standard InChI is InChI=1S/C38H24N2/c1-21-3-5-23-7-9-26(19-34(23)39-21)28-15-17-32-33-18-16-29(27-10-8-24-6-4-22(2)40-35(24)20-27)31-14-12-25-11-13-30(28)37(32)36(25)38(31)33/h3-20H,1-2H3. The lowest BCUT2D eigenvalue weighted by atomic mass is 9.93. The van der Waals surface area contributed by atoms with Crippen LogP contribution in [0, 0.1) is 13.8 Å². The molecule has 1 aliphatic rings. The first kappa shape index (κ1) is 21.8. The van der Waals surface area contributed by atoms with Gasteiger partial charge >= 0.3 is 0 Å². The first-order valence-corrected chi connectivity index (χ1v) is 13.8. The van der Waals surface area contributed by atoms with Crippen molar-refractivity contribution in [3.63, 3.8) is 0 Å². The Kier molecular flexibility index (Phi) is 4.22. The van der Waals surface area contributed by atoms with Crippen molar-refractivity contribution in [3.8, 4) is 33.4 Å². The average Bonchev–Trinajstić information content (AvgIpc) is 3.33. The van der Waals surface area contributed by atoms with Crippen molar-refractivity contribution in [1.82, 2.24) is 9.97 Å². The molecular weight excluding hydrogens is 484 g/mol. The van der Waals surface area contributed by atoms with E-state index < -0.39 is 0 Å². The molecule has 0 aliphatic heterocycles. The molecule has 2 heteroatoms. The third kappa shape index (κ3) is 2.93. The zero-order valence-electron chi connectivity index (χ0n) is 22.3. The molecule has 0 N–H and O–H groups in total. The monoisotopic (exact) mass is 508 g/mol. The Morgan fingerprint density at radius 3 is 1.30 bits per heavy atom. The molecule has 40 heavy (non-hydrogen) atoms. The number of aromatic nitrogens is 2. The number of benzene rings is 6. The highest BCUT2D eigenvalue weighted by Gasteiger charge is 2.23. The second kappa shape index (κ2) is 7.74. The lowest BCUT2D eigenvalue weighted by Gasteiger charge is -2.11. The smallest absolute Gasteiger partial charge is 0.0711 e. The van der Waals surface area contributed by atoms with Gasteiger partial charge in [-0.25, -0.2) is 0 Å². The fourth-order valence-corrected chi connectivity index (χ4v) is 6.83. The SMILES string of the molecule is Cc1ccc2ccc(-c3ccc4c5c3ccc3ccc6c(-c7ccc8ccc(C)nc8c7)ccc-4c6c35)cc2n1. The molecule has 0 spiro atoms. The number of rotatable bonds is 2. The van der Waals surface area contributed by atoms with E-state index >= 15 is 0 Å². The lowest BCUT2D eigenvalue weighted by Crippen LogP contribution is -1.87. The second-order valence-electron chi connectivity index (χ2n) is 11.1. The molecule has 186 valence electrons. The highest BCUT2D eigenvalue weighted by atomic mass is 14.7. The van der Waals surface area contributed by atoms with Gasteiger partial charge in [-0.15, -0.1) is 0 Å². The van der Waals surface area contributed by atoms with Crippen LogP contribution in [0.2, 0.25) is 0 Å². The Labute approximate surface area is 231 Å². The van der Waals surface area contributed by atoms with Gasteiger partial charge in [0.05, 0.1) is 11.0 Å². The van der Waals surface area contributed by atoms with Gasteiger partial charge in [0.15, 0.2) is 0 Å². The molecule has 2 nitrogen and oxygen atoms in total. The Bertz CT molecular complexity index is 2230. The third-order valence-electron chi connectivity index (χ3n) is 8.71. The van der Waals surface area contributed by atoms with E-state index in [1.165, 1.54) is 76.5 Å². The highest BCUT2D eigenvalue weighted by Crippen LogP contribution is 2.51. The number of hydrogen-bond donors (Lipinski definition) is 0. The van der Waals surface area contributed by atoms with E-state index in [4.69, 9.17) is 9.97 Å². The quantitative estimate of drug-likeness (QED) is 0.217. The maximum Gasteiger partial charge on any atom is 0.0711 e. The molecule has 0 saturated heterocycles. The van der Waals surface area contributed by atoms with Gasteiger partial charge in [0.25, 0.3) is 0 Å². The minimum atomic E-state index is 1.04. The molecule has 1 aliphatic carbocycles. The summed E-state index contributed by atoms with van der Waals surface area (Å²) in [5, 5.41) is 10.3. The van der Waals surface area contributed by atoms with Crippen LogP contribution >= 0.6 is 0 Å². The highest BCUT2D eigenvalue weighted by molar-refractivity contribution is 6.35. The van der Waals surface area contributed by atoms with Crippen molar-refractivity contribution < 1.29 is 0 Å². The van der Waals surface area contributed by atoms with E-state index in [1.54, 1.807) is 0 Å². The summed E-state index contributed by atoms with van der Waals surface area (Å²) in [5.41, 5.74) is 11.7. The molecule has 8 aromatic rings. The van der Waals surface area contributed by atoms with Crippen LogP contribution < -0.4 is 0 Å².